The van der Waals surface area contributed by atoms with E-state index in [0.717, 1.165) is 19.5 Å². The van der Waals surface area contributed by atoms with E-state index in [1.165, 1.54) is 10.7 Å². The maximum absolute atomic E-state index is 13.1. The molecule has 1 aromatic heterocycles. The number of nitro groups is 1. The van der Waals surface area contributed by atoms with Crippen LogP contribution in [-0.4, -0.2) is 33.3 Å². The molecule has 1 aliphatic rings. The Morgan fingerprint density at radius 3 is 2.35 bits per heavy atom. The van der Waals surface area contributed by atoms with Gasteiger partial charge in [0.25, 0.3) is 17.2 Å². The first-order valence-corrected chi connectivity index (χ1v) is 11.4. The summed E-state index contributed by atoms with van der Waals surface area (Å²) in [5.41, 5.74) is 1.54. The second-order valence-corrected chi connectivity index (χ2v) is 9.20. The Hall–Kier alpha value is -3.88. The van der Waals surface area contributed by atoms with Gasteiger partial charge in [-0.3, -0.25) is 24.4 Å². The minimum atomic E-state index is -0.568. The minimum absolute atomic E-state index is 0.111. The number of piperidine rings is 1. The van der Waals surface area contributed by atoms with Crippen molar-refractivity contribution in [3.8, 4) is 5.69 Å². The van der Waals surface area contributed by atoms with Crippen molar-refractivity contribution in [3.05, 3.63) is 80.3 Å². The van der Waals surface area contributed by atoms with Gasteiger partial charge in [0.2, 0.25) is 0 Å². The molecular weight excluding hydrogens is 434 g/mol. The Morgan fingerprint density at radius 2 is 1.74 bits per heavy atom. The molecule has 2 heterocycles. The van der Waals surface area contributed by atoms with Crippen molar-refractivity contribution in [1.29, 1.82) is 0 Å². The van der Waals surface area contributed by atoms with Crippen LogP contribution >= 0.6 is 0 Å². The van der Waals surface area contributed by atoms with E-state index in [4.69, 9.17) is 0 Å². The standard InChI is InChI=1S/C25H29N5O4/c1-16-12-17(2)15-28(14-16)21-11-10-19(13-22(21)30(33)34)24(31)26-23-18(3)27(4)29(25(23)32)20-8-6-5-7-9-20/h5-11,13,16-17H,12,14-15H2,1-4H3,(H,26,31). The molecule has 1 N–H and O–H groups in total. The molecule has 0 aliphatic carbocycles. The minimum Gasteiger partial charge on any atom is -0.365 e. The zero-order valence-corrected chi connectivity index (χ0v) is 19.8. The van der Waals surface area contributed by atoms with Crippen LogP contribution in [0.25, 0.3) is 5.69 Å². The third-order valence-corrected chi connectivity index (χ3v) is 6.44. The van der Waals surface area contributed by atoms with Gasteiger partial charge in [0, 0.05) is 31.8 Å². The number of carbonyl (C=O) groups excluding carboxylic acids is 1. The molecule has 0 spiro atoms. The van der Waals surface area contributed by atoms with E-state index in [-0.39, 0.29) is 22.5 Å². The summed E-state index contributed by atoms with van der Waals surface area (Å²) in [6.07, 6.45) is 1.09. The first kappa shape index (κ1) is 23.3. The average molecular weight is 464 g/mol. The smallest absolute Gasteiger partial charge is 0.295 e. The first-order valence-electron chi connectivity index (χ1n) is 11.4. The summed E-state index contributed by atoms with van der Waals surface area (Å²) in [7, 11) is 1.74. The Bertz CT molecular complexity index is 1280. The van der Waals surface area contributed by atoms with E-state index in [1.807, 2.05) is 23.1 Å². The fourth-order valence-corrected chi connectivity index (χ4v) is 4.84. The molecule has 1 saturated heterocycles. The molecule has 2 unspecified atom stereocenters. The molecule has 2 aromatic carbocycles. The quantitative estimate of drug-likeness (QED) is 0.453. The molecule has 34 heavy (non-hydrogen) atoms. The zero-order valence-electron chi connectivity index (χ0n) is 19.8. The van der Waals surface area contributed by atoms with Crippen LogP contribution < -0.4 is 15.8 Å². The number of para-hydroxylation sites is 1. The molecule has 0 bridgehead atoms. The summed E-state index contributed by atoms with van der Waals surface area (Å²) in [6.45, 7) is 7.49. The molecular formula is C25H29N5O4. The second-order valence-electron chi connectivity index (χ2n) is 9.20. The van der Waals surface area contributed by atoms with Crippen molar-refractivity contribution in [2.45, 2.75) is 27.2 Å². The molecule has 1 amide bonds. The lowest BCUT2D eigenvalue weighted by Crippen LogP contribution is -2.39. The maximum Gasteiger partial charge on any atom is 0.295 e. The summed E-state index contributed by atoms with van der Waals surface area (Å²) >= 11 is 0. The van der Waals surface area contributed by atoms with Crippen LogP contribution in [0.1, 0.15) is 36.3 Å². The monoisotopic (exact) mass is 463 g/mol. The molecule has 4 rings (SSSR count). The number of rotatable bonds is 5. The Labute approximate surface area is 197 Å². The van der Waals surface area contributed by atoms with Crippen LogP contribution in [0.2, 0.25) is 0 Å². The fourth-order valence-electron chi connectivity index (χ4n) is 4.84. The Morgan fingerprint density at radius 1 is 1.09 bits per heavy atom. The SMILES string of the molecule is Cc1c(NC(=O)c2ccc(N3CC(C)CC(C)C3)c([N+](=O)[O-])c2)c(=O)n(-c2ccccc2)n1C. The highest BCUT2D eigenvalue weighted by molar-refractivity contribution is 6.05. The summed E-state index contributed by atoms with van der Waals surface area (Å²) in [6, 6.07) is 13.6. The van der Waals surface area contributed by atoms with Crippen LogP contribution in [0.5, 0.6) is 0 Å². The largest absolute Gasteiger partial charge is 0.365 e. The van der Waals surface area contributed by atoms with Gasteiger partial charge in [-0.25, -0.2) is 4.68 Å². The normalized spacial score (nSPS) is 18.1. The van der Waals surface area contributed by atoms with Gasteiger partial charge < -0.3 is 10.2 Å². The van der Waals surface area contributed by atoms with Gasteiger partial charge >= 0.3 is 0 Å². The summed E-state index contributed by atoms with van der Waals surface area (Å²) in [4.78, 5) is 39.6. The predicted molar refractivity (Wildman–Crippen MR) is 132 cm³/mol. The van der Waals surface area contributed by atoms with Crippen LogP contribution in [0.15, 0.2) is 53.3 Å². The topological polar surface area (TPSA) is 102 Å². The van der Waals surface area contributed by atoms with E-state index in [2.05, 4.69) is 19.2 Å². The van der Waals surface area contributed by atoms with Gasteiger partial charge in [0.15, 0.2) is 0 Å². The maximum atomic E-state index is 13.1. The van der Waals surface area contributed by atoms with E-state index >= 15 is 0 Å². The first-order chi connectivity index (χ1) is 16.2. The number of aromatic nitrogens is 2. The van der Waals surface area contributed by atoms with Crippen molar-refractivity contribution in [2.75, 3.05) is 23.3 Å². The molecule has 3 aromatic rings. The van der Waals surface area contributed by atoms with Gasteiger partial charge in [-0.15, -0.1) is 0 Å². The molecule has 1 aliphatic heterocycles. The molecule has 1 fully saturated rings. The number of hydrogen-bond acceptors (Lipinski definition) is 5. The van der Waals surface area contributed by atoms with Crippen molar-refractivity contribution in [3.63, 3.8) is 0 Å². The fraction of sp³-hybridized carbons (Fsp3) is 0.360. The molecule has 0 radical (unpaired) electrons. The average Bonchev–Trinajstić information content (AvgIpc) is 3.01. The number of nitrogens with one attached hydrogen (secondary N) is 1. The van der Waals surface area contributed by atoms with Crippen LogP contribution in [0.4, 0.5) is 17.1 Å². The highest BCUT2D eigenvalue weighted by Gasteiger charge is 2.28. The second kappa shape index (κ2) is 9.17. The number of nitrogens with zero attached hydrogens (tertiary/aromatic N) is 4. The Balaban J connectivity index is 1.65. The highest BCUT2D eigenvalue weighted by atomic mass is 16.6. The molecule has 9 nitrogen and oxygen atoms in total. The summed E-state index contributed by atoms with van der Waals surface area (Å²) in [5, 5.41) is 14.5. The van der Waals surface area contributed by atoms with Gasteiger partial charge in [-0.05, 0) is 49.4 Å². The summed E-state index contributed by atoms with van der Waals surface area (Å²) < 4.78 is 3.13. The zero-order chi connectivity index (χ0) is 24.6. The van der Waals surface area contributed by atoms with E-state index < -0.39 is 10.8 Å². The van der Waals surface area contributed by atoms with Crippen LogP contribution in [-0.2, 0) is 7.05 Å². The molecule has 178 valence electrons. The van der Waals surface area contributed by atoms with Gasteiger partial charge in [-0.2, -0.15) is 0 Å². The molecule has 2 atom stereocenters. The van der Waals surface area contributed by atoms with Crippen molar-refractivity contribution < 1.29 is 9.72 Å². The number of nitro benzene ring substituents is 1. The van der Waals surface area contributed by atoms with Gasteiger partial charge in [0.05, 0.1) is 16.3 Å². The van der Waals surface area contributed by atoms with E-state index in [0.29, 0.717) is 28.9 Å². The number of anilines is 2. The number of carbonyl (C=O) groups is 1. The lowest BCUT2D eigenvalue weighted by Gasteiger charge is -2.36. The third kappa shape index (κ3) is 4.33. The van der Waals surface area contributed by atoms with Gasteiger partial charge in [-0.1, -0.05) is 32.0 Å². The lowest BCUT2D eigenvalue weighted by molar-refractivity contribution is -0.384. The van der Waals surface area contributed by atoms with Crippen molar-refractivity contribution >= 4 is 23.0 Å². The lowest BCUT2D eigenvalue weighted by atomic mass is 9.91. The van der Waals surface area contributed by atoms with Gasteiger partial charge in [0.1, 0.15) is 11.4 Å². The number of hydrogen-bond donors (Lipinski definition) is 1. The van der Waals surface area contributed by atoms with Crippen molar-refractivity contribution in [2.24, 2.45) is 18.9 Å². The highest BCUT2D eigenvalue weighted by Crippen LogP contribution is 2.34. The van der Waals surface area contributed by atoms with E-state index in [1.54, 1.807) is 42.9 Å². The number of amides is 1. The van der Waals surface area contributed by atoms with Crippen LogP contribution in [0.3, 0.4) is 0 Å². The van der Waals surface area contributed by atoms with Crippen LogP contribution in [0, 0.1) is 28.9 Å². The molecule has 0 saturated carbocycles. The Kier molecular flexibility index (Phi) is 6.28. The third-order valence-electron chi connectivity index (χ3n) is 6.44. The predicted octanol–water partition coefficient (Wildman–Crippen LogP) is 4.13. The molecule has 9 heteroatoms. The van der Waals surface area contributed by atoms with Crippen molar-refractivity contribution in [1.82, 2.24) is 9.36 Å². The summed E-state index contributed by atoms with van der Waals surface area (Å²) in [5.74, 6) is 0.291. The van der Waals surface area contributed by atoms with E-state index in [9.17, 15) is 19.7 Å². The number of benzene rings is 2.